The summed E-state index contributed by atoms with van der Waals surface area (Å²) in [6.45, 7) is 0.0501. The van der Waals surface area contributed by atoms with E-state index in [4.69, 9.17) is 9.47 Å². The molecule has 6 rings (SSSR count). The Morgan fingerprint density at radius 3 is 2.36 bits per heavy atom. The maximum atomic E-state index is 13.5. The van der Waals surface area contributed by atoms with Crippen LogP contribution in [0.15, 0.2) is 113 Å². The number of nitrogens with zero attached hydrogens (tertiary/aromatic N) is 3. The number of esters is 1. The highest BCUT2D eigenvalue weighted by atomic mass is 32.2. The molecule has 2 aliphatic heterocycles. The second-order valence-corrected chi connectivity index (χ2v) is 12.5. The summed E-state index contributed by atoms with van der Waals surface area (Å²) in [6, 6.07) is 30.1. The molecule has 0 fully saturated rings. The van der Waals surface area contributed by atoms with Gasteiger partial charge in [0.1, 0.15) is 5.75 Å². The molecule has 4 aromatic carbocycles. The SMILES string of the molecule is COc1ccc(C2CC(c3ccccc3)=NN2C(=O)COC(=O)c2cccc(S(=O)(=O)N3CCc4ccccc4C3)c2)cc1. The number of methoxy groups -OCH3 is 1. The van der Waals surface area contributed by atoms with E-state index in [0.29, 0.717) is 25.1 Å². The Balaban J connectivity index is 1.17. The fraction of sp³-hybridized carbons (Fsp3) is 0.206. The van der Waals surface area contributed by atoms with E-state index >= 15 is 0 Å². The first-order valence-corrected chi connectivity index (χ1v) is 15.7. The molecule has 0 radical (unpaired) electrons. The number of fused-ring (bicyclic) bond motifs is 1. The zero-order valence-corrected chi connectivity index (χ0v) is 24.9. The van der Waals surface area contributed by atoms with Crippen LogP contribution in [0, 0.1) is 0 Å². The van der Waals surface area contributed by atoms with E-state index in [1.807, 2.05) is 78.9 Å². The van der Waals surface area contributed by atoms with Crippen molar-refractivity contribution in [3.63, 3.8) is 0 Å². The molecule has 2 heterocycles. The summed E-state index contributed by atoms with van der Waals surface area (Å²) in [5, 5.41) is 5.97. The lowest BCUT2D eigenvalue weighted by molar-refractivity contribution is -0.136. The number of carbonyl (C=O) groups is 2. The smallest absolute Gasteiger partial charge is 0.338 e. The van der Waals surface area contributed by atoms with Crippen LogP contribution < -0.4 is 4.74 Å². The molecular weight excluding hydrogens is 578 g/mol. The number of amides is 1. The monoisotopic (exact) mass is 609 g/mol. The van der Waals surface area contributed by atoms with Gasteiger partial charge in [-0.25, -0.2) is 18.2 Å². The van der Waals surface area contributed by atoms with Crippen LogP contribution in [0.3, 0.4) is 0 Å². The fourth-order valence-corrected chi connectivity index (χ4v) is 6.98. The van der Waals surface area contributed by atoms with E-state index in [-0.39, 0.29) is 17.0 Å². The summed E-state index contributed by atoms with van der Waals surface area (Å²) >= 11 is 0. The van der Waals surface area contributed by atoms with Crippen molar-refractivity contribution < 1.29 is 27.5 Å². The molecule has 0 saturated heterocycles. The maximum absolute atomic E-state index is 13.5. The van der Waals surface area contributed by atoms with Gasteiger partial charge in [-0.1, -0.05) is 72.8 Å². The third-order valence-corrected chi connectivity index (χ3v) is 9.74. The summed E-state index contributed by atoms with van der Waals surface area (Å²) in [7, 11) is -2.27. The number of benzene rings is 4. The Labute approximate surface area is 256 Å². The predicted molar refractivity (Wildman–Crippen MR) is 165 cm³/mol. The van der Waals surface area contributed by atoms with Crippen LogP contribution in [0.2, 0.25) is 0 Å². The molecule has 0 spiro atoms. The minimum absolute atomic E-state index is 0.00567. The Bertz CT molecular complexity index is 1820. The van der Waals surface area contributed by atoms with Gasteiger partial charge in [0.15, 0.2) is 6.61 Å². The van der Waals surface area contributed by atoms with Crippen molar-refractivity contribution in [2.24, 2.45) is 5.10 Å². The van der Waals surface area contributed by atoms with Gasteiger partial charge in [-0.05, 0) is 59.0 Å². The lowest BCUT2D eigenvalue weighted by Gasteiger charge is -2.28. The second kappa shape index (κ2) is 12.4. The van der Waals surface area contributed by atoms with Crippen molar-refractivity contribution in [3.05, 3.63) is 131 Å². The molecular formula is C34H31N3O6S. The molecule has 44 heavy (non-hydrogen) atoms. The molecule has 0 aliphatic carbocycles. The molecule has 10 heteroatoms. The van der Waals surface area contributed by atoms with Crippen molar-refractivity contribution in [2.45, 2.75) is 30.3 Å². The third kappa shape index (κ3) is 5.99. The van der Waals surface area contributed by atoms with Crippen molar-refractivity contribution in [2.75, 3.05) is 20.3 Å². The highest BCUT2D eigenvalue weighted by Crippen LogP contribution is 2.34. The van der Waals surface area contributed by atoms with Crippen LogP contribution in [-0.2, 0) is 32.5 Å². The van der Waals surface area contributed by atoms with Crippen molar-refractivity contribution in [3.8, 4) is 5.75 Å². The van der Waals surface area contributed by atoms with Crippen molar-refractivity contribution in [1.29, 1.82) is 0 Å². The number of carbonyl (C=O) groups excluding carboxylic acids is 2. The van der Waals surface area contributed by atoms with Gasteiger partial charge in [-0.15, -0.1) is 0 Å². The van der Waals surface area contributed by atoms with Crippen LogP contribution in [0.25, 0.3) is 0 Å². The lowest BCUT2D eigenvalue weighted by Crippen LogP contribution is -2.36. The van der Waals surface area contributed by atoms with Gasteiger partial charge < -0.3 is 9.47 Å². The van der Waals surface area contributed by atoms with Gasteiger partial charge in [0.05, 0.1) is 29.3 Å². The Kier molecular flexibility index (Phi) is 8.28. The van der Waals surface area contributed by atoms with Gasteiger partial charge in [0.25, 0.3) is 5.91 Å². The topological polar surface area (TPSA) is 106 Å². The number of sulfonamides is 1. The van der Waals surface area contributed by atoms with E-state index in [0.717, 1.165) is 28.0 Å². The zero-order chi connectivity index (χ0) is 30.7. The molecule has 4 aromatic rings. The van der Waals surface area contributed by atoms with Gasteiger partial charge in [0.2, 0.25) is 10.0 Å². The van der Waals surface area contributed by atoms with Crippen LogP contribution in [0.5, 0.6) is 5.75 Å². The lowest BCUT2D eigenvalue weighted by atomic mass is 9.98. The summed E-state index contributed by atoms with van der Waals surface area (Å²) in [5.41, 5.74) is 4.63. The number of ether oxygens (including phenoxy) is 2. The van der Waals surface area contributed by atoms with Crippen molar-refractivity contribution in [1.82, 2.24) is 9.31 Å². The van der Waals surface area contributed by atoms with Crippen LogP contribution in [-0.4, -0.2) is 55.6 Å². The van der Waals surface area contributed by atoms with E-state index in [2.05, 4.69) is 5.10 Å². The fourth-order valence-electron chi connectivity index (χ4n) is 5.52. The quantitative estimate of drug-likeness (QED) is 0.261. The Morgan fingerprint density at radius 2 is 1.61 bits per heavy atom. The molecule has 0 N–H and O–H groups in total. The molecule has 224 valence electrons. The minimum atomic E-state index is -3.86. The Morgan fingerprint density at radius 1 is 0.886 bits per heavy atom. The number of hydrogen-bond acceptors (Lipinski definition) is 7. The molecule has 0 saturated carbocycles. The summed E-state index contributed by atoms with van der Waals surface area (Å²) in [4.78, 5) is 26.4. The van der Waals surface area contributed by atoms with E-state index in [9.17, 15) is 18.0 Å². The molecule has 9 nitrogen and oxygen atoms in total. The summed E-state index contributed by atoms with van der Waals surface area (Å²) in [5.74, 6) is -0.607. The normalized spacial score (nSPS) is 16.6. The molecule has 1 unspecified atom stereocenters. The highest BCUT2D eigenvalue weighted by molar-refractivity contribution is 7.89. The molecule has 1 amide bonds. The van der Waals surface area contributed by atoms with Gasteiger partial charge in [0, 0.05) is 19.5 Å². The zero-order valence-electron chi connectivity index (χ0n) is 24.1. The minimum Gasteiger partial charge on any atom is -0.497 e. The van der Waals surface area contributed by atoms with Gasteiger partial charge >= 0.3 is 5.97 Å². The number of hydrazone groups is 1. The van der Waals surface area contributed by atoms with E-state index < -0.39 is 34.5 Å². The standard InChI is InChI=1S/C34H31N3O6S/c1-42-29-16-14-26(15-17-29)32-21-31(25-9-3-2-4-10-25)35-37(32)33(38)23-43-34(39)27-12-7-13-30(20-27)44(40,41)36-19-18-24-8-5-6-11-28(24)22-36/h2-17,20,32H,18-19,21-23H2,1H3. The Hall–Kier alpha value is -4.80. The van der Waals surface area contributed by atoms with Gasteiger partial charge in [-0.2, -0.15) is 9.41 Å². The number of hydrogen-bond donors (Lipinski definition) is 0. The summed E-state index contributed by atoms with van der Waals surface area (Å²) < 4.78 is 39.0. The molecule has 0 bridgehead atoms. The van der Waals surface area contributed by atoms with E-state index in [1.54, 1.807) is 7.11 Å². The first kappa shape index (κ1) is 29.3. The molecule has 1 atom stereocenters. The summed E-state index contributed by atoms with van der Waals surface area (Å²) in [6.07, 6.45) is 1.10. The highest BCUT2D eigenvalue weighted by Gasteiger charge is 2.34. The number of rotatable bonds is 8. The van der Waals surface area contributed by atoms with E-state index in [1.165, 1.54) is 33.6 Å². The van der Waals surface area contributed by atoms with Crippen LogP contribution >= 0.6 is 0 Å². The molecule has 2 aliphatic rings. The average Bonchev–Trinajstić information content (AvgIpc) is 3.53. The largest absolute Gasteiger partial charge is 0.497 e. The second-order valence-electron chi connectivity index (χ2n) is 10.6. The maximum Gasteiger partial charge on any atom is 0.338 e. The first-order valence-electron chi connectivity index (χ1n) is 14.3. The van der Waals surface area contributed by atoms with Gasteiger partial charge in [-0.3, -0.25) is 4.79 Å². The molecule has 0 aromatic heterocycles. The first-order chi connectivity index (χ1) is 21.3. The van der Waals surface area contributed by atoms with Crippen LogP contribution in [0.1, 0.15) is 45.1 Å². The van der Waals surface area contributed by atoms with Crippen molar-refractivity contribution >= 4 is 27.6 Å². The van der Waals surface area contributed by atoms with Crippen LogP contribution in [0.4, 0.5) is 0 Å². The average molecular weight is 610 g/mol. The third-order valence-electron chi connectivity index (χ3n) is 7.90. The predicted octanol–water partition coefficient (Wildman–Crippen LogP) is 4.98.